The van der Waals surface area contributed by atoms with Crippen LogP contribution in [0.2, 0.25) is 0 Å². The van der Waals surface area contributed by atoms with Crippen LogP contribution < -0.4 is 10.6 Å². The number of rotatable bonds is 3. The van der Waals surface area contributed by atoms with Crippen LogP contribution in [0.25, 0.3) is 0 Å². The lowest BCUT2D eigenvalue weighted by molar-refractivity contribution is -0.164. The Bertz CT molecular complexity index is 501. The molecule has 2 amide bonds. The molecule has 1 heterocycles. The number of hydrogen-bond donors (Lipinski definition) is 3. The SMILES string of the molecule is C[C@H](NC(=O)OC(C)(C)C)C(=O)N[C@H]1C[C@@H](O)[C@@H]2OC(C)(C)O[C@@H]21. The fraction of sp³-hybridized carbons (Fsp3) is 0.875. The van der Waals surface area contributed by atoms with Crippen molar-refractivity contribution in [3.63, 3.8) is 0 Å². The first kappa shape index (κ1) is 19.0. The minimum atomic E-state index is -0.792. The molecule has 0 aromatic heterocycles. The molecular weight excluding hydrogens is 316 g/mol. The second kappa shape index (κ2) is 6.50. The Morgan fingerprint density at radius 1 is 1.25 bits per heavy atom. The minimum absolute atomic E-state index is 0.344. The molecule has 138 valence electrons. The molecule has 1 aliphatic carbocycles. The van der Waals surface area contributed by atoms with Gasteiger partial charge in [0.05, 0.1) is 12.1 Å². The molecule has 0 unspecified atom stereocenters. The van der Waals surface area contributed by atoms with Crippen molar-refractivity contribution in [3.8, 4) is 0 Å². The minimum Gasteiger partial charge on any atom is -0.444 e. The lowest BCUT2D eigenvalue weighted by Crippen LogP contribution is -2.51. The van der Waals surface area contributed by atoms with Gasteiger partial charge in [0.2, 0.25) is 5.91 Å². The first-order valence-corrected chi connectivity index (χ1v) is 8.21. The molecule has 3 N–H and O–H groups in total. The van der Waals surface area contributed by atoms with Gasteiger partial charge in [0, 0.05) is 0 Å². The van der Waals surface area contributed by atoms with Crippen molar-refractivity contribution in [1.29, 1.82) is 0 Å². The van der Waals surface area contributed by atoms with E-state index in [-0.39, 0.29) is 11.9 Å². The number of aliphatic hydroxyl groups excluding tert-OH is 1. The summed E-state index contributed by atoms with van der Waals surface area (Å²) in [6.07, 6.45) is -1.88. The van der Waals surface area contributed by atoms with E-state index in [0.717, 1.165) is 0 Å². The summed E-state index contributed by atoms with van der Waals surface area (Å²) in [5, 5.41) is 15.4. The van der Waals surface area contributed by atoms with Crippen molar-refractivity contribution in [3.05, 3.63) is 0 Å². The van der Waals surface area contributed by atoms with Gasteiger partial charge in [-0.1, -0.05) is 0 Å². The van der Waals surface area contributed by atoms with E-state index >= 15 is 0 Å². The molecule has 0 aromatic carbocycles. The molecule has 0 spiro atoms. The van der Waals surface area contributed by atoms with Gasteiger partial charge in [-0.3, -0.25) is 4.79 Å². The first-order valence-electron chi connectivity index (χ1n) is 8.21. The highest BCUT2D eigenvalue weighted by Crippen LogP contribution is 2.38. The van der Waals surface area contributed by atoms with Crippen LogP contribution in [-0.4, -0.2) is 58.9 Å². The molecule has 1 saturated heterocycles. The van der Waals surface area contributed by atoms with Crippen molar-refractivity contribution >= 4 is 12.0 Å². The molecule has 0 aromatic rings. The molecule has 1 aliphatic heterocycles. The number of aliphatic hydroxyl groups is 1. The van der Waals surface area contributed by atoms with Gasteiger partial charge in [-0.2, -0.15) is 0 Å². The Morgan fingerprint density at radius 2 is 1.83 bits per heavy atom. The lowest BCUT2D eigenvalue weighted by Gasteiger charge is -2.25. The third kappa shape index (κ3) is 4.58. The van der Waals surface area contributed by atoms with Crippen molar-refractivity contribution in [2.45, 2.75) is 89.7 Å². The standard InChI is InChI=1S/C16H28N2O6/c1-8(17-14(21)24-15(2,3)4)13(20)18-9-7-10(19)12-11(9)22-16(5,6)23-12/h8-12,19H,7H2,1-6H3,(H,17,21)(H,18,20)/t8-,9-,10+,11+,12-/m0/s1. The molecule has 1 saturated carbocycles. The Labute approximate surface area is 142 Å². The van der Waals surface area contributed by atoms with Crippen molar-refractivity contribution in [2.24, 2.45) is 0 Å². The van der Waals surface area contributed by atoms with E-state index in [2.05, 4.69) is 10.6 Å². The number of carbonyl (C=O) groups is 2. The highest BCUT2D eigenvalue weighted by atomic mass is 16.8. The number of ether oxygens (including phenoxy) is 3. The van der Waals surface area contributed by atoms with E-state index < -0.39 is 41.8 Å². The molecule has 2 aliphatic rings. The van der Waals surface area contributed by atoms with Gasteiger partial charge >= 0.3 is 6.09 Å². The van der Waals surface area contributed by atoms with Crippen LogP contribution in [0.3, 0.4) is 0 Å². The molecule has 0 radical (unpaired) electrons. The third-order valence-corrected chi connectivity index (χ3v) is 3.89. The maximum atomic E-state index is 12.3. The second-order valence-corrected chi connectivity index (χ2v) is 7.85. The lowest BCUT2D eigenvalue weighted by atomic mass is 10.2. The van der Waals surface area contributed by atoms with Crippen molar-refractivity contribution < 1.29 is 28.9 Å². The van der Waals surface area contributed by atoms with Crippen LogP contribution in [0, 0.1) is 0 Å². The summed E-state index contributed by atoms with van der Waals surface area (Å²) in [5.74, 6) is -1.16. The van der Waals surface area contributed by atoms with Crippen molar-refractivity contribution in [2.75, 3.05) is 0 Å². The summed E-state index contributed by atoms with van der Waals surface area (Å²) in [4.78, 5) is 24.0. The van der Waals surface area contributed by atoms with Gasteiger partial charge in [0.15, 0.2) is 5.79 Å². The monoisotopic (exact) mass is 344 g/mol. The predicted octanol–water partition coefficient (Wildman–Crippen LogP) is 0.669. The second-order valence-electron chi connectivity index (χ2n) is 7.85. The molecule has 8 nitrogen and oxygen atoms in total. The largest absolute Gasteiger partial charge is 0.444 e. The Hall–Kier alpha value is -1.38. The third-order valence-electron chi connectivity index (χ3n) is 3.89. The fourth-order valence-corrected chi connectivity index (χ4v) is 2.95. The summed E-state index contributed by atoms with van der Waals surface area (Å²) >= 11 is 0. The Balaban J connectivity index is 1.89. The van der Waals surface area contributed by atoms with E-state index in [9.17, 15) is 14.7 Å². The normalized spacial score (nSPS) is 32.8. The average Bonchev–Trinajstić information content (AvgIpc) is 2.83. The van der Waals surface area contributed by atoms with Gasteiger partial charge in [-0.15, -0.1) is 0 Å². The van der Waals surface area contributed by atoms with Gasteiger partial charge in [0.25, 0.3) is 0 Å². The Morgan fingerprint density at radius 3 is 2.42 bits per heavy atom. The molecule has 5 atom stereocenters. The first-order chi connectivity index (χ1) is 10.9. The molecule has 2 rings (SSSR count). The molecule has 8 heteroatoms. The van der Waals surface area contributed by atoms with E-state index in [0.29, 0.717) is 6.42 Å². The van der Waals surface area contributed by atoms with E-state index in [1.807, 2.05) is 0 Å². The summed E-state index contributed by atoms with van der Waals surface area (Å²) in [5.41, 5.74) is -0.635. The highest BCUT2D eigenvalue weighted by molar-refractivity contribution is 5.85. The molecule has 0 bridgehead atoms. The number of fused-ring (bicyclic) bond motifs is 1. The van der Waals surface area contributed by atoms with E-state index in [1.165, 1.54) is 0 Å². The van der Waals surface area contributed by atoms with Gasteiger partial charge < -0.3 is 30.0 Å². The molecular formula is C16H28N2O6. The van der Waals surface area contributed by atoms with Crippen LogP contribution >= 0.6 is 0 Å². The van der Waals surface area contributed by atoms with Gasteiger partial charge in [-0.25, -0.2) is 4.79 Å². The number of amides is 2. The van der Waals surface area contributed by atoms with Crippen LogP contribution in [0.1, 0.15) is 48.0 Å². The summed E-state index contributed by atoms with van der Waals surface area (Å²) in [6, 6.07) is -1.14. The number of carbonyl (C=O) groups excluding carboxylic acids is 2. The number of alkyl carbamates (subject to hydrolysis) is 1. The maximum absolute atomic E-state index is 12.3. The Kier molecular flexibility index (Phi) is 5.13. The zero-order valence-electron chi connectivity index (χ0n) is 15.1. The molecule has 24 heavy (non-hydrogen) atoms. The van der Waals surface area contributed by atoms with Gasteiger partial charge in [0.1, 0.15) is 23.9 Å². The number of nitrogens with one attached hydrogen (secondary N) is 2. The van der Waals surface area contributed by atoms with Crippen LogP contribution in [0.5, 0.6) is 0 Å². The van der Waals surface area contributed by atoms with E-state index in [1.54, 1.807) is 41.5 Å². The smallest absolute Gasteiger partial charge is 0.408 e. The zero-order chi connectivity index (χ0) is 18.3. The highest BCUT2D eigenvalue weighted by Gasteiger charge is 2.54. The molecule has 2 fully saturated rings. The summed E-state index contributed by atoms with van der Waals surface area (Å²) in [6.45, 7) is 10.3. The average molecular weight is 344 g/mol. The van der Waals surface area contributed by atoms with Crippen LogP contribution in [0.4, 0.5) is 4.79 Å². The fourth-order valence-electron chi connectivity index (χ4n) is 2.95. The topological polar surface area (TPSA) is 106 Å². The summed E-state index contributed by atoms with van der Waals surface area (Å²) in [7, 11) is 0. The predicted molar refractivity (Wildman–Crippen MR) is 85.2 cm³/mol. The van der Waals surface area contributed by atoms with Gasteiger partial charge in [-0.05, 0) is 48.0 Å². The van der Waals surface area contributed by atoms with Crippen molar-refractivity contribution in [1.82, 2.24) is 10.6 Å². The summed E-state index contributed by atoms with van der Waals surface area (Å²) < 4.78 is 16.6. The van der Waals surface area contributed by atoms with E-state index in [4.69, 9.17) is 14.2 Å². The zero-order valence-corrected chi connectivity index (χ0v) is 15.1. The quantitative estimate of drug-likeness (QED) is 0.695. The maximum Gasteiger partial charge on any atom is 0.408 e. The number of hydrogen-bond acceptors (Lipinski definition) is 6. The van der Waals surface area contributed by atoms with Crippen LogP contribution in [0.15, 0.2) is 0 Å². The van der Waals surface area contributed by atoms with Crippen LogP contribution in [-0.2, 0) is 19.0 Å².